The molecule has 1 heterocycles. The van der Waals surface area contributed by atoms with Crippen molar-refractivity contribution >= 4 is 29.9 Å². The number of halogens is 1. The number of aromatic nitrogens is 3. The predicted molar refractivity (Wildman–Crippen MR) is 124 cm³/mol. The molecule has 0 fully saturated rings. The fraction of sp³-hybridized carbons (Fsp3) is 0.550. The van der Waals surface area contributed by atoms with Gasteiger partial charge < -0.3 is 19.5 Å². The Morgan fingerprint density at radius 2 is 2.07 bits per heavy atom. The third-order valence-corrected chi connectivity index (χ3v) is 4.22. The van der Waals surface area contributed by atoms with Gasteiger partial charge in [0.15, 0.2) is 5.96 Å². The first-order valence-electron chi connectivity index (χ1n) is 9.53. The number of aryl methyl sites for hydroxylation is 1. The van der Waals surface area contributed by atoms with Gasteiger partial charge >= 0.3 is 0 Å². The molecule has 1 N–H and O–H groups in total. The molecule has 8 heteroatoms. The first-order valence-corrected chi connectivity index (χ1v) is 9.53. The van der Waals surface area contributed by atoms with Crippen LogP contribution in [0.3, 0.4) is 0 Å². The lowest BCUT2D eigenvalue weighted by molar-refractivity contribution is 0.395. The number of methoxy groups -OCH3 is 1. The number of nitrogens with one attached hydrogen (secondary N) is 1. The minimum absolute atomic E-state index is 0. The summed E-state index contributed by atoms with van der Waals surface area (Å²) in [6, 6.07) is 8.08. The molecule has 7 nitrogen and oxygen atoms in total. The summed E-state index contributed by atoms with van der Waals surface area (Å²) in [7, 11) is 3.75. The Labute approximate surface area is 185 Å². The zero-order valence-corrected chi connectivity index (χ0v) is 19.9. The number of aliphatic imine (C=N–C) groups is 1. The van der Waals surface area contributed by atoms with Crippen molar-refractivity contribution in [2.45, 2.75) is 40.3 Å². The van der Waals surface area contributed by atoms with E-state index in [0.29, 0.717) is 5.92 Å². The van der Waals surface area contributed by atoms with Crippen LogP contribution in [-0.4, -0.2) is 52.9 Å². The second kappa shape index (κ2) is 12.6. The molecule has 2 aromatic rings. The van der Waals surface area contributed by atoms with Crippen molar-refractivity contribution in [2.24, 2.45) is 10.9 Å². The van der Waals surface area contributed by atoms with Crippen molar-refractivity contribution in [3.8, 4) is 5.75 Å². The second-order valence-electron chi connectivity index (χ2n) is 6.95. The Morgan fingerprint density at radius 1 is 1.32 bits per heavy atom. The highest BCUT2D eigenvalue weighted by molar-refractivity contribution is 14.0. The van der Waals surface area contributed by atoms with Crippen molar-refractivity contribution < 1.29 is 4.74 Å². The van der Waals surface area contributed by atoms with E-state index >= 15 is 0 Å². The van der Waals surface area contributed by atoms with Crippen molar-refractivity contribution in [1.29, 1.82) is 0 Å². The van der Waals surface area contributed by atoms with E-state index in [4.69, 9.17) is 9.73 Å². The lowest BCUT2D eigenvalue weighted by Gasteiger charge is -2.24. The molecule has 1 aromatic heterocycles. The summed E-state index contributed by atoms with van der Waals surface area (Å²) in [6.45, 7) is 9.51. The van der Waals surface area contributed by atoms with Crippen LogP contribution in [0.25, 0.3) is 0 Å². The van der Waals surface area contributed by atoms with E-state index in [2.05, 4.69) is 58.9 Å². The average Bonchev–Trinajstić information content (AvgIpc) is 3.12. The van der Waals surface area contributed by atoms with E-state index in [0.717, 1.165) is 55.7 Å². The van der Waals surface area contributed by atoms with Crippen LogP contribution < -0.4 is 10.1 Å². The summed E-state index contributed by atoms with van der Waals surface area (Å²) in [4.78, 5) is 6.92. The number of guanidine groups is 1. The highest BCUT2D eigenvalue weighted by Crippen LogP contribution is 2.18. The third-order valence-electron chi connectivity index (χ3n) is 4.22. The molecule has 0 aliphatic carbocycles. The van der Waals surface area contributed by atoms with Crippen molar-refractivity contribution in [3.63, 3.8) is 0 Å². The molecular formula is C20H33IN6O. The first kappa shape index (κ1) is 24.2. The van der Waals surface area contributed by atoms with Crippen LogP contribution >= 0.6 is 24.0 Å². The molecule has 2 rings (SSSR count). The van der Waals surface area contributed by atoms with Crippen molar-refractivity contribution in [3.05, 3.63) is 42.0 Å². The summed E-state index contributed by atoms with van der Waals surface area (Å²) in [6.07, 6.45) is 2.66. The molecule has 28 heavy (non-hydrogen) atoms. The molecule has 0 amide bonds. The van der Waals surface area contributed by atoms with Crippen LogP contribution in [0.2, 0.25) is 0 Å². The van der Waals surface area contributed by atoms with E-state index < -0.39 is 0 Å². The Bertz CT molecular complexity index is 731. The lowest BCUT2D eigenvalue weighted by Crippen LogP contribution is -2.40. The highest BCUT2D eigenvalue weighted by Gasteiger charge is 2.11. The van der Waals surface area contributed by atoms with Gasteiger partial charge in [-0.25, -0.2) is 0 Å². The van der Waals surface area contributed by atoms with E-state index in [9.17, 15) is 0 Å². The van der Waals surface area contributed by atoms with E-state index in [1.807, 2.05) is 18.2 Å². The first-order chi connectivity index (χ1) is 13.0. The number of benzene rings is 1. The topological polar surface area (TPSA) is 67.6 Å². The Hall–Kier alpha value is -1.84. The zero-order chi connectivity index (χ0) is 19.6. The van der Waals surface area contributed by atoms with Crippen molar-refractivity contribution in [1.82, 2.24) is 25.0 Å². The summed E-state index contributed by atoms with van der Waals surface area (Å²) in [5, 5.41) is 11.6. The highest BCUT2D eigenvalue weighted by atomic mass is 127. The van der Waals surface area contributed by atoms with Gasteiger partial charge in [0.1, 0.15) is 17.9 Å². The fourth-order valence-electron chi connectivity index (χ4n) is 2.77. The van der Waals surface area contributed by atoms with Crippen LogP contribution in [0, 0.1) is 5.92 Å². The van der Waals surface area contributed by atoms with Crippen LogP contribution in [0.1, 0.15) is 32.2 Å². The molecule has 0 bridgehead atoms. The Balaban J connectivity index is 0.00000392. The molecule has 1 aromatic carbocycles. The van der Waals surface area contributed by atoms with Crippen LogP contribution in [0.4, 0.5) is 0 Å². The van der Waals surface area contributed by atoms with Gasteiger partial charge in [0, 0.05) is 45.2 Å². The number of hydrogen-bond acceptors (Lipinski definition) is 4. The quantitative estimate of drug-likeness (QED) is 0.326. The molecule has 0 unspecified atom stereocenters. The number of rotatable bonds is 9. The summed E-state index contributed by atoms with van der Waals surface area (Å²) >= 11 is 0. The maximum atomic E-state index is 5.48. The van der Waals surface area contributed by atoms with E-state index in [1.54, 1.807) is 13.4 Å². The molecule has 0 atom stereocenters. The maximum absolute atomic E-state index is 5.48. The zero-order valence-electron chi connectivity index (χ0n) is 17.6. The van der Waals surface area contributed by atoms with Gasteiger partial charge in [0.25, 0.3) is 0 Å². The van der Waals surface area contributed by atoms with Gasteiger partial charge in [-0.15, -0.1) is 34.2 Å². The van der Waals surface area contributed by atoms with E-state index in [-0.39, 0.29) is 24.0 Å². The van der Waals surface area contributed by atoms with Gasteiger partial charge in [-0.05, 0) is 12.0 Å². The number of nitrogens with zero attached hydrogens (tertiary/aromatic N) is 5. The monoisotopic (exact) mass is 500 g/mol. The summed E-state index contributed by atoms with van der Waals surface area (Å²) in [5.41, 5.74) is 1.13. The molecule has 0 radical (unpaired) electrons. The van der Waals surface area contributed by atoms with Gasteiger partial charge in [0.2, 0.25) is 0 Å². The van der Waals surface area contributed by atoms with Crippen LogP contribution in [0.15, 0.2) is 35.6 Å². The Kier molecular flexibility index (Phi) is 10.9. The maximum Gasteiger partial charge on any atom is 0.194 e. The van der Waals surface area contributed by atoms with E-state index in [1.165, 1.54) is 0 Å². The normalized spacial score (nSPS) is 11.3. The summed E-state index contributed by atoms with van der Waals surface area (Å²) in [5.74, 6) is 3.29. The molecule has 0 aliphatic heterocycles. The SMILES string of the molecule is CCc1nncn1CCNC(=NCC(C)C)N(C)Cc1ccccc1OC.I. The van der Waals surface area contributed by atoms with Gasteiger partial charge in [-0.1, -0.05) is 39.0 Å². The summed E-state index contributed by atoms with van der Waals surface area (Å²) < 4.78 is 7.55. The lowest BCUT2D eigenvalue weighted by atomic mass is 10.2. The molecule has 0 spiro atoms. The largest absolute Gasteiger partial charge is 0.496 e. The predicted octanol–water partition coefficient (Wildman–Crippen LogP) is 3.20. The van der Waals surface area contributed by atoms with Gasteiger partial charge in [-0.2, -0.15) is 0 Å². The number of para-hydroxylation sites is 1. The minimum Gasteiger partial charge on any atom is -0.496 e. The van der Waals surface area contributed by atoms with Gasteiger partial charge in [0.05, 0.1) is 7.11 Å². The van der Waals surface area contributed by atoms with Crippen molar-refractivity contribution in [2.75, 3.05) is 27.2 Å². The number of ether oxygens (including phenoxy) is 1. The smallest absolute Gasteiger partial charge is 0.194 e. The van der Waals surface area contributed by atoms with Crippen LogP contribution in [-0.2, 0) is 19.5 Å². The molecule has 0 aliphatic rings. The van der Waals surface area contributed by atoms with Crippen LogP contribution in [0.5, 0.6) is 5.75 Å². The minimum atomic E-state index is 0. The molecule has 0 saturated heterocycles. The fourth-order valence-corrected chi connectivity index (χ4v) is 2.77. The average molecular weight is 500 g/mol. The Morgan fingerprint density at radius 3 is 2.75 bits per heavy atom. The third kappa shape index (κ3) is 7.29. The molecular weight excluding hydrogens is 467 g/mol. The molecule has 0 saturated carbocycles. The number of hydrogen-bond donors (Lipinski definition) is 1. The second-order valence-corrected chi connectivity index (χ2v) is 6.95. The standard InChI is InChI=1S/C20H32N6O.HI/c1-6-19-24-23-15-26(19)12-11-21-20(22-13-16(2)3)25(4)14-17-9-7-8-10-18(17)27-5;/h7-10,15-16H,6,11-14H2,1-5H3,(H,21,22);1H. The van der Waals surface area contributed by atoms with Gasteiger partial charge in [-0.3, -0.25) is 4.99 Å². The molecule has 156 valence electrons.